The quantitative estimate of drug-likeness (QED) is 0.678. The molecule has 0 amide bonds. The Balaban J connectivity index is 1.46. The maximum Gasteiger partial charge on any atom is 0.417 e. The number of oxazole rings is 1. The van der Waals surface area contributed by atoms with E-state index in [1.165, 1.54) is 27.2 Å². The van der Waals surface area contributed by atoms with Crippen molar-refractivity contribution in [2.75, 3.05) is 6.54 Å². The Morgan fingerprint density at radius 3 is 2.90 bits per heavy atom. The van der Waals surface area contributed by atoms with Gasteiger partial charge < -0.3 is 4.42 Å². The zero-order valence-electron chi connectivity index (χ0n) is 15.6. The van der Waals surface area contributed by atoms with Gasteiger partial charge in [-0.3, -0.25) is 9.78 Å². The van der Waals surface area contributed by atoms with Crippen LogP contribution < -0.4 is 11.3 Å². The molecule has 1 N–H and O–H groups in total. The monoisotopic (exact) mass is 416 g/mol. The normalized spacial score (nSPS) is 19.8. The summed E-state index contributed by atoms with van der Waals surface area (Å²) in [5, 5.41) is 4.48. The molecule has 3 heterocycles. The van der Waals surface area contributed by atoms with Gasteiger partial charge in [0.05, 0.1) is 22.7 Å². The van der Waals surface area contributed by atoms with Crippen molar-refractivity contribution in [2.24, 2.45) is 0 Å². The van der Waals surface area contributed by atoms with Crippen molar-refractivity contribution in [3.63, 3.8) is 0 Å². The number of nitrogens with zero attached hydrogens (tertiary/aromatic N) is 3. The molecule has 1 aromatic carbocycles. The van der Waals surface area contributed by atoms with Crippen LogP contribution in [0, 0.1) is 0 Å². The Morgan fingerprint density at radius 2 is 2.03 bits per heavy atom. The maximum atomic E-state index is 13.2. The average molecular weight is 416 g/mol. The molecule has 5 rings (SSSR count). The summed E-state index contributed by atoms with van der Waals surface area (Å²) in [4.78, 5) is 26.3. The van der Waals surface area contributed by atoms with Crippen LogP contribution in [0.2, 0.25) is 0 Å². The summed E-state index contributed by atoms with van der Waals surface area (Å²) in [7, 11) is -3.80. The molecule has 1 saturated heterocycles. The summed E-state index contributed by atoms with van der Waals surface area (Å²) in [5.41, 5.74) is 2.39. The highest BCUT2D eigenvalue weighted by molar-refractivity contribution is 7.89. The molecule has 0 bridgehead atoms. The van der Waals surface area contributed by atoms with E-state index in [0.717, 1.165) is 30.5 Å². The molecule has 29 heavy (non-hydrogen) atoms. The highest BCUT2D eigenvalue weighted by Gasteiger charge is 2.36. The van der Waals surface area contributed by atoms with Crippen LogP contribution in [0.1, 0.15) is 30.5 Å². The molecule has 9 nitrogen and oxygen atoms in total. The van der Waals surface area contributed by atoms with Gasteiger partial charge in [0.25, 0.3) is 5.56 Å². The van der Waals surface area contributed by atoms with E-state index in [0.29, 0.717) is 24.9 Å². The van der Waals surface area contributed by atoms with Crippen LogP contribution in [-0.2, 0) is 29.4 Å². The third-order valence-corrected chi connectivity index (χ3v) is 7.68. The lowest BCUT2D eigenvalue weighted by Gasteiger charge is -2.24. The molecule has 0 spiro atoms. The number of hydrogen-bond donors (Lipinski definition) is 1. The smallest absolute Gasteiger partial charge is 0.408 e. The fourth-order valence-corrected chi connectivity index (χ4v) is 6.00. The van der Waals surface area contributed by atoms with Crippen LogP contribution in [0.5, 0.6) is 0 Å². The largest absolute Gasteiger partial charge is 0.417 e. The van der Waals surface area contributed by atoms with Gasteiger partial charge in [-0.15, -0.1) is 0 Å². The van der Waals surface area contributed by atoms with Gasteiger partial charge in [0.15, 0.2) is 5.58 Å². The predicted molar refractivity (Wildman–Crippen MR) is 104 cm³/mol. The zero-order chi connectivity index (χ0) is 20.2. The van der Waals surface area contributed by atoms with E-state index >= 15 is 0 Å². The van der Waals surface area contributed by atoms with E-state index in [1.54, 1.807) is 6.07 Å². The molecule has 3 aromatic rings. The molecule has 1 aliphatic heterocycles. The minimum atomic E-state index is -3.80. The van der Waals surface area contributed by atoms with Gasteiger partial charge in [0.2, 0.25) is 10.0 Å². The lowest BCUT2D eigenvalue weighted by atomic mass is 10.2. The molecule has 1 unspecified atom stereocenters. The number of aryl methyl sites for hydroxylation is 2. The van der Waals surface area contributed by atoms with Crippen molar-refractivity contribution in [1.82, 2.24) is 19.1 Å². The van der Waals surface area contributed by atoms with Gasteiger partial charge in [-0.1, -0.05) is 0 Å². The average Bonchev–Trinajstić information content (AvgIpc) is 3.40. The Labute approximate surface area is 166 Å². The molecule has 1 aliphatic carbocycles. The lowest BCUT2D eigenvalue weighted by Crippen LogP contribution is -2.40. The van der Waals surface area contributed by atoms with Crippen LogP contribution in [0.3, 0.4) is 0 Å². The molecule has 10 heteroatoms. The summed E-state index contributed by atoms with van der Waals surface area (Å²) in [6.45, 7) is 0.606. The van der Waals surface area contributed by atoms with E-state index in [1.807, 2.05) is 0 Å². The molecule has 1 fully saturated rings. The number of fused-ring (bicyclic) bond motifs is 2. The Morgan fingerprint density at radius 1 is 1.17 bits per heavy atom. The summed E-state index contributed by atoms with van der Waals surface area (Å²) >= 11 is 0. The molecule has 2 aromatic heterocycles. The summed E-state index contributed by atoms with van der Waals surface area (Å²) in [6, 6.07) is 5.62. The number of aromatic amines is 1. The Hall–Kier alpha value is -2.72. The van der Waals surface area contributed by atoms with E-state index in [2.05, 4.69) is 10.1 Å². The van der Waals surface area contributed by atoms with Gasteiger partial charge in [-0.2, -0.15) is 9.40 Å². The first kappa shape index (κ1) is 18.3. The van der Waals surface area contributed by atoms with Crippen LogP contribution >= 0.6 is 0 Å². The van der Waals surface area contributed by atoms with Gasteiger partial charge in [-0.25, -0.2) is 17.9 Å². The Bertz CT molecular complexity index is 1320. The second-order valence-electron chi connectivity index (χ2n) is 7.57. The topological polar surface area (TPSA) is 118 Å². The highest BCUT2D eigenvalue weighted by Crippen LogP contribution is 2.28. The van der Waals surface area contributed by atoms with E-state index in [-0.39, 0.29) is 28.6 Å². The number of aromatic nitrogens is 3. The maximum absolute atomic E-state index is 13.2. The van der Waals surface area contributed by atoms with Crippen molar-refractivity contribution in [1.29, 1.82) is 0 Å². The van der Waals surface area contributed by atoms with Crippen molar-refractivity contribution in [3.8, 4) is 0 Å². The predicted octanol–water partition coefficient (Wildman–Crippen LogP) is 1.02. The minimum Gasteiger partial charge on any atom is -0.408 e. The first-order chi connectivity index (χ1) is 13.9. The number of nitrogens with one attached hydrogen (secondary N) is 1. The number of rotatable bonds is 4. The summed E-state index contributed by atoms with van der Waals surface area (Å²) < 4.78 is 34.3. The molecule has 0 saturated carbocycles. The third-order valence-electron chi connectivity index (χ3n) is 5.73. The molecule has 0 radical (unpaired) electrons. The Kier molecular flexibility index (Phi) is 4.21. The van der Waals surface area contributed by atoms with Gasteiger partial charge in [0, 0.05) is 24.7 Å². The number of H-pyrrole nitrogens is 1. The van der Waals surface area contributed by atoms with Gasteiger partial charge in [0.1, 0.15) is 0 Å². The molecule has 1 atom stereocenters. The first-order valence-electron chi connectivity index (χ1n) is 9.66. The number of benzene rings is 1. The van der Waals surface area contributed by atoms with Gasteiger partial charge in [-0.05, 0) is 49.8 Å². The van der Waals surface area contributed by atoms with Crippen LogP contribution in [0.4, 0.5) is 0 Å². The molecular formula is C19H20N4O5S. The molecule has 152 valence electrons. The number of sulfonamides is 1. The molecule has 2 aliphatic rings. The fourth-order valence-electron chi connectivity index (χ4n) is 4.30. The van der Waals surface area contributed by atoms with E-state index in [4.69, 9.17) is 4.42 Å². The second kappa shape index (κ2) is 6.67. The number of hydrogen-bond acceptors (Lipinski definition) is 6. The minimum absolute atomic E-state index is 0.0638. The molecular weight excluding hydrogens is 396 g/mol. The van der Waals surface area contributed by atoms with E-state index in [9.17, 15) is 18.0 Å². The standard InChI is InChI=1S/C19H20N4O5S/c24-18-9-12-3-1-5-15(12)21-22(18)11-13-4-2-8-23(13)29(26,27)14-6-7-16-17(10-14)28-19(25)20-16/h6-7,9-10,13H,1-5,8,11H2,(H,20,25). The van der Waals surface area contributed by atoms with Crippen LogP contribution in [0.15, 0.2) is 43.2 Å². The summed E-state index contributed by atoms with van der Waals surface area (Å²) in [5.74, 6) is -0.629. The SMILES string of the molecule is O=c1[nH]c2ccc(S(=O)(=O)N3CCCC3Cn3nc4c(cc3=O)CCC4)cc2o1. The fraction of sp³-hybridized carbons (Fsp3) is 0.421. The van der Waals surface area contributed by atoms with Crippen LogP contribution in [0.25, 0.3) is 11.1 Å². The zero-order valence-corrected chi connectivity index (χ0v) is 16.4. The lowest BCUT2D eigenvalue weighted by molar-refractivity contribution is 0.334. The van der Waals surface area contributed by atoms with Gasteiger partial charge >= 0.3 is 5.76 Å². The summed E-state index contributed by atoms with van der Waals surface area (Å²) in [6.07, 6.45) is 4.09. The van der Waals surface area contributed by atoms with Crippen molar-refractivity contribution >= 4 is 21.1 Å². The van der Waals surface area contributed by atoms with Crippen molar-refractivity contribution in [3.05, 3.63) is 56.4 Å². The van der Waals surface area contributed by atoms with Crippen molar-refractivity contribution < 1.29 is 12.8 Å². The van der Waals surface area contributed by atoms with Crippen LogP contribution in [-0.4, -0.2) is 40.1 Å². The highest BCUT2D eigenvalue weighted by atomic mass is 32.2. The van der Waals surface area contributed by atoms with Crippen molar-refractivity contribution in [2.45, 2.75) is 49.6 Å². The third kappa shape index (κ3) is 3.12. The second-order valence-corrected chi connectivity index (χ2v) is 9.47. The van der Waals surface area contributed by atoms with E-state index < -0.39 is 15.8 Å². The first-order valence-corrected chi connectivity index (χ1v) is 11.1.